The number of imidazole rings is 1. The second-order valence-corrected chi connectivity index (χ2v) is 12.0. The first-order valence-electron chi connectivity index (χ1n) is 14.6. The second-order valence-electron chi connectivity index (χ2n) is 11.0. The fourth-order valence-corrected chi connectivity index (χ4v) is 6.28. The number of allylic oxidation sites excluding steroid dienone is 1. The molecule has 2 heterocycles. The van der Waals surface area contributed by atoms with Gasteiger partial charge in [0.05, 0.1) is 42.3 Å². The molecule has 0 bridgehead atoms. The van der Waals surface area contributed by atoms with Gasteiger partial charge in [-0.25, -0.2) is 4.98 Å². The highest BCUT2D eigenvalue weighted by Gasteiger charge is 2.57. The number of ketones is 1. The number of rotatable bonds is 10. The lowest BCUT2D eigenvalue weighted by atomic mass is 9.65. The molecular formula is C36H34IN3O5. The van der Waals surface area contributed by atoms with Crippen LogP contribution in [0, 0.1) is 5.92 Å². The first-order valence-corrected chi connectivity index (χ1v) is 15.5. The molecule has 8 nitrogen and oxygen atoms in total. The van der Waals surface area contributed by atoms with Gasteiger partial charge in [-0.15, -0.1) is 0 Å². The van der Waals surface area contributed by atoms with Gasteiger partial charge in [0.25, 0.3) is 0 Å². The Bertz CT molecular complexity index is 1720. The van der Waals surface area contributed by atoms with Gasteiger partial charge in [-0.2, -0.15) is 0 Å². The van der Waals surface area contributed by atoms with Crippen molar-refractivity contribution in [3.63, 3.8) is 0 Å². The molecule has 45 heavy (non-hydrogen) atoms. The lowest BCUT2D eigenvalue weighted by Gasteiger charge is -2.45. The number of aromatic nitrogens is 2. The molecule has 0 saturated heterocycles. The maximum absolute atomic E-state index is 14.3. The monoisotopic (exact) mass is 715 g/mol. The molecule has 1 aromatic heterocycles. The van der Waals surface area contributed by atoms with Crippen molar-refractivity contribution in [1.29, 1.82) is 0 Å². The molecule has 5 rings (SSSR count). The van der Waals surface area contributed by atoms with E-state index in [0.29, 0.717) is 16.7 Å². The van der Waals surface area contributed by atoms with Crippen molar-refractivity contribution >= 4 is 46.7 Å². The van der Waals surface area contributed by atoms with Crippen LogP contribution in [-0.2, 0) is 31.0 Å². The van der Waals surface area contributed by atoms with Crippen LogP contribution in [0.5, 0.6) is 0 Å². The normalized spacial score (nSPS) is 19.6. The summed E-state index contributed by atoms with van der Waals surface area (Å²) < 4.78 is 15.1. The maximum Gasteiger partial charge on any atom is 0.321 e. The van der Waals surface area contributed by atoms with Gasteiger partial charge in [0.2, 0.25) is 0 Å². The Labute approximate surface area is 276 Å². The van der Waals surface area contributed by atoms with E-state index in [1.54, 1.807) is 73.2 Å². The molecule has 0 N–H and O–H groups in total. The summed E-state index contributed by atoms with van der Waals surface area (Å²) in [6.45, 7) is 4.47. The van der Waals surface area contributed by atoms with Crippen LogP contribution in [0.2, 0.25) is 0 Å². The minimum Gasteiger partial charge on any atom is -0.469 e. The van der Waals surface area contributed by atoms with E-state index in [1.165, 1.54) is 7.11 Å². The SMILES string of the molecule is COC(=O)C1C(C)N(I)C(C)=CC1(C(=O)OCC=Cc1ccc(Cn2ccnc2)cc1)c1cccc(C(=O)c2ccccc2)c1. The number of esters is 2. The lowest BCUT2D eigenvalue weighted by Crippen LogP contribution is -2.56. The summed E-state index contributed by atoms with van der Waals surface area (Å²) in [6.07, 6.45) is 10.9. The Hall–Kier alpha value is -4.51. The quantitative estimate of drug-likeness (QED) is 0.0813. The van der Waals surface area contributed by atoms with E-state index in [1.807, 2.05) is 64.1 Å². The highest BCUT2D eigenvalue weighted by Crippen LogP contribution is 2.46. The van der Waals surface area contributed by atoms with Crippen LogP contribution in [0.15, 0.2) is 115 Å². The number of benzene rings is 3. The Morgan fingerprint density at radius 3 is 2.42 bits per heavy atom. The molecule has 0 radical (unpaired) electrons. The van der Waals surface area contributed by atoms with E-state index in [2.05, 4.69) is 27.8 Å². The van der Waals surface area contributed by atoms with Crippen LogP contribution in [0.25, 0.3) is 6.08 Å². The summed E-state index contributed by atoms with van der Waals surface area (Å²) in [5.41, 5.74) is 2.76. The van der Waals surface area contributed by atoms with E-state index in [4.69, 9.17) is 9.47 Å². The summed E-state index contributed by atoms with van der Waals surface area (Å²) in [4.78, 5) is 45.2. The van der Waals surface area contributed by atoms with Crippen molar-refractivity contribution in [2.45, 2.75) is 31.8 Å². The predicted octanol–water partition coefficient (Wildman–Crippen LogP) is 6.40. The summed E-state index contributed by atoms with van der Waals surface area (Å²) in [5, 5.41) is 0. The van der Waals surface area contributed by atoms with Crippen LogP contribution in [0.4, 0.5) is 0 Å². The van der Waals surface area contributed by atoms with Crippen molar-refractivity contribution < 1.29 is 23.9 Å². The minimum absolute atomic E-state index is 0.0108. The Kier molecular flexibility index (Phi) is 9.97. The van der Waals surface area contributed by atoms with Crippen molar-refractivity contribution in [2.75, 3.05) is 13.7 Å². The molecule has 0 fully saturated rings. The number of halogens is 1. The van der Waals surface area contributed by atoms with Crippen LogP contribution >= 0.6 is 22.9 Å². The third kappa shape index (κ3) is 6.78. The third-order valence-electron chi connectivity index (χ3n) is 8.06. The number of carbonyl (C=O) groups is 3. The largest absolute Gasteiger partial charge is 0.469 e. The van der Waals surface area contributed by atoms with Crippen LogP contribution < -0.4 is 0 Å². The molecular weight excluding hydrogens is 681 g/mol. The Morgan fingerprint density at radius 2 is 1.73 bits per heavy atom. The average molecular weight is 716 g/mol. The van der Waals surface area contributed by atoms with Gasteiger partial charge in [0.1, 0.15) is 17.9 Å². The van der Waals surface area contributed by atoms with E-state index in [-0.39, 0.29) is 12.4 Å². The Morgan fingerprint density at radius 1 is 1.00 bits per heavy atom. The lowest BCUT2D eigenvalue weighted by molar-refractivity contribution is -0.161. The number of carbonyl (C=O) groups excluding carboxylic acids is 3. The highest BCUT2D eigenvalue weighted by molar-refractivity contribution is 14.1. The number of nitrogens with zero attached hydrogens (tertiary/aromatic N) is 3. The third-order valence-corrected chi connectivity index (χ3v) is 9.70. The van der Waals surface area contributed by atoms with Gasteiger partial charge in [0.15, 0.2) is 5.78 Å². The van der Waals surface area contributed by atoms with Gasteiger partial charge >= 0.3 is 11.9 Å². The molecule has 230 valence electrons. The summed E-state index contributed by atoms with van der Waals surface area (Å²) in [7, 11) is 1.31. The fraction of sp³-hybridized carbons (Fsp3) is 0.222. The highest BCUT2D eigenvalue weighted by atomic mass is 127. The van der Waals surface area contributed by atoms with Crippen LogP contribution in [0.1, 0.15) is 46.5 Å². The predicted molar refractivity (Wildman–Crippen MR) is 180 cm³/mol. The topological polar surface area (TPSA) is 90.7 Å². The van der Waals surface area contributed by atoms with Crippen molar-refractivity contribution in [2.24, 2.45) is 5.92 Å². The van der Waals surface area contributed by atoms with Crippen molar-refractivity contribution in [3.8, 4) is 0 Å². The second kappa shape index (κ2) is 14.1. The van der Waals surface area contributed by atoms with E-state index < -0.39 is 29.3 Å². The van der Waals surface area contributed by atoms with Gasteiger partial charge in [-0.05, 0) is 48.8 Å². The maximum atomic E-state index is 14.3. The molecule has 0 amide bonds. The number of hydrogen-bond donors (Lipinski definition) is 0. The summed E-state index contributed by atoms with van der Waals surface area (Å²) in [6, 6.07) is 23.5. The number of hydrogen-bond acceptors (Lipinski definition) is 7. The smallest absolute Gasteiger partial charge is 0.321 e. The molecule has 3 aromatic carbocycles. The van der Waals surface area contributed by atoms with E-state index in [9.17, 15) is 14.4 Å². The zero-order chi connectivity index (χ0) is 32.0. The molecule has 0 spiro atoms. The first-order chi connectivity index (χ1) is 21.7. The molecule has 1 aliphatic heterocycles. The molecule has 4 aromatic rings. The molecule has 9 heteroatoms. The molecule has 3 atom stereocenters. The van der Waals surface area contributed by atoms with Gasteiger partial charge in [-0.3, -0.25) is 14.4 Å². The first kappa shape index (κ1) is 31.9. The van der Waals surface area contributed by atoms with Crippen molar-refractivity contribution in [1.82, 2.24) is 12.7 Å². The molecule has 0 aliphatic carbocycles. The van der Waals surface area contributed by atoms with Gasteiger partial charge in [-0.1, -0.05) is 78.9 Å². The van der Waals surface area contributed by atoms with E-state index in [0.717, 1.165) is 23.4 Å². The number of methoxy groups -OCH3 is 1. The summed E-state index contributed by atoms with van der Waals surface area (Å²) >= 11 is 2.14. The Balaban J connectivity index is 1.44. The number of ether oxygens (including phenoxy) is 2. The molecule has 0 saturated carbocycles. The minimum atomic E-state index is -1.53. The fourth-order valence-electron chi connectivity index (χ4n) is 5.82. The van der Waals surface area contributed by atoms with E-state index >= 15 is 0 Å². The van der Waals surface area contributed by atoms with Crippen molar-refractivity contribution in [3.05, 3.63) is 143 Å². The van der Waals surface area contributed by atoms with Crippen LogP contribution in [-0.4, -0.2) is 50.1 Å². The van der Waals surface area contributed by atoms with Crippen LogP contribution in [0.3, 0.4) is 0 Å². The zero-order valence-corrected chi connectivity index (χ0v) is 27.5. The van der Waals surface area contributed by atoms with Gasteiger partial charge in [0, 0.05) is 35.8 Å². The zero-order valence-electron chi connectivity index (χ0n) is 25.3. The average Bonchev–Trinajstić information content (AvgIpc) is 3.59. The summed E-state index contributed by atoms with van der Waals surface area (Å²) in [5.74, 6) is -2.27. The standard InChI is InChI=1S/C36H34IN3O5/c1-25-22-36(32(34(42)44-3)26(2)40(25)37,31-13-7-12-30(21-31)33(41)29-10-5-4-6-11-29)35(43)45-20-8-9-27-14-16-28(17-15-27)23-39-19-18-38-24-39/h4-19,21-22,24,26,32H,20,23H2,1-3H3. The molecule has 1 aliphatic rings. The van der Waals surface area contributed by atoms with Gasteiger partial charge < -0.3 is 17.2 Å². The molecule has 3 unspecified atom stereocenters.